The molecule has 0 aliphatic heterocycles. The summed E-state index contributed by atoms with van der Waals surface area (Å²) in [7, 11) is 0. The van der Waals surface area contributed by atoms with Crippen molar-refractivity contribution in [1.29, 1.82) is 0 Å². The molecule has 23 heavy (non-hydrogen) atoms. The summed E-state index contributed by atoms with van der Waals surface area (Å²) < 4.78 is 5.04. The fraction of sp³-hybridized carbons (Fsp3) is 0.214. The SMILES string of the molecule is CSCc1noc(CNC(=O)c2n[nH]c(=O)c3ccccc23)n1. The Morgan fingerprint density at radius 1 is 1.35 bits per heavy atom. The summed E-state index contributed by atoms with van der Waals surface area (Å²) >= 11 is 1.58. The molecule has 0 aliphatic carbocycles. The van der Waals surface area contributed by atoms with Crippen molar-refractivity contribution in [3.8, 4) is 0 Å². The van der Waals surface area contributed by atoms with Gasteiger partial charge in [0.1, 0.15) is 0 Å². The molecule has 0 fully saturated rings. The van der Waals surface area contributed by atoms with Gasteiger partial charge in [-0.2, -0.15) is 21.8 Å². The van der Waals surface area contributed by atoms with Gasteiger partial charge in [-0.15, -0.1) is 0 Å². The smallest absolute Gasteiger partial charge is 0.272 e. The van der Waals surface area contributed by atoms with Crippen LogP contribution in [0.2, 0.25) is 0 Å². The van der Waals surface area contributed by atoms with E-state index in [1.165, 1.54) is 0 Å². The van der Waals surface area contributed by atoms with E-state index < -0.39 is 5.91 Å². The van der Waals surface area contributed by atoms with E-state index in [2.05, 4.69) is 25.7 Å². The molecular formula is C14H13N5O3S. The van der Waals surface area contributed by atoms with E-state index in [1.54, 1.807) is 36.0 Å². The number of nitrogens with zero attached hydrogens (tertiary/aromatic N) is 3. The first-order valence-corrected chi connectivity index (χ1v) is 8.14. The lowest BCUT2D eigenvalue weighted by molar-refractivity contribution is 0.0942. The van der Waals surface area contributed by atoms with E-state index in [0.29, 0.717) is 28.2 Å². The molecular weight excluding hydrogens is 318 g/mol. The Balaban J connectivity index is 1.78. The molecule has 3 aromatic rings. The van der Waals surface area contributed by atoms with Gasteiger partial charge in [-0.25, -0.2) is 5.10 Å². The van der Waals surface area contributed by atoms with Crippen LogP contribution in [0.25, 0.3) is 10.8 Å². The number of aromatic nitrogens is 4. The summed E-state index contributed by atoms with van der Waals surface area (Å²) in [5, 5.41) is 13.5. The van der Waals surface area contributed by atoms with Crippen LogP contribution >= 0.6 is 11.8 Å². The van der Waals surface area contributed by atoms with Gasteiger partial charge in [0.15, 0.2) is 11.5 Å². The largest absolute Gasteiger partial charge is 0.342 e. The van der Waals surface area contributed by atoms with Gasteiger partial charge < -0.3 is 9.84 Å². The number of amides is 1. The van der Waals surface area contributed by atoms with Gasteiger partial charge in [0.05, 0.1) is 17.7 Å². The first-order valence-electron chi connectivity index (χ1n) is 6.75. The number of H-pyrrole nitrogens is 1. The van der Waals surface area contributed by atoms with Crippen molar-refractivity contribution in [2.24, 2.45) is 0 Å². The molecule has 0 bridgehead atoms. The summed E-state index contributed by atoms with van der Waals surface area (Å²) in [6.07, 6.45) is 1.94. The van der Waals surface area contributed by atoms with Crippen molar-refractivity contribution < 1.29 is 9.32 Å². The van der Waals surface area contributed by atoms with Crippen LogP contribution in [0.4, 0.5) is 0 Å². The van der Waals surface area contributed by atoms with Gasteiger partial charge in [-0.1, -0.05) is 23.4 Å². The molecule has 2 heterocycles. The van der Waals surface area contributed by atoms with Gasteiger partial charge in [-0.3, -0.25) is 9.59 Å². The molecule has 9 heteroatoms. The van der Waals surface area contributed by atoms with Crippen molar-refractivity contribution in [1.82, 2.24) is 25.7 Å². The Morgan fingerprint density at radius 3 is 2.91 bits per heavy atom. The van der Waals surface area contributed by atoms with Crippen LogP contribution in [0, 0.1) is 0 Å². The molecule has 0 spiro atoms. The normalized spacial score (nSPS) is 10.8. The summed E-state index contributed by atoms with van der Waals surface area (Å²) in [6, 6.07) is 6.78. The molecule has 0 atom stereocenters. The predicted molar refractivity (Wildman–Crippen MR) is 85.1 cm³/mol. The Bertz CT molecular complexity index is 905. The van der Waals surface area contributed by atoms with Crippen LogP contribution in [0.5, 0.6) is 0 Å². The fourth-order valence-corrected chi connectivity index (χ4v) is 2.45. The fourth-order valence-electron chi connectivity index (χ4n) is 2.08. The van der Waals surface area contributed by atoms with E-state index in [-0.39, 0.29) is 17.8 Å². The highest BCUT2D eigenvalue weighted by molar-refractivity contribution is 7.97. The number of carbonyl (C=O) groups is 1. The van der Waals surface area contributed by atoms with Gasteiger partial charge in [0.2, 0.25) is 5.89 Å². The molecule has 1 aromatic carbocycles. The minimum absolute atomic E-state index is 0.0926. The molecule has 0 saturated carbocycles. The average molecular weight is 331 g/mol. The molecule has 0 radical (unpaired) electrons. The predicted octanol–water partition coefficient (Wildman–Crippen LogP) is 1.10. The van der Waals surface area contributed by atoms with Crippen LogP contribution in [0.3, 0.4) is 0 Å². The van der Waals surface area contributed by atoms with Crippen LogP contribution in [-0.4, -0.2) is 32.5 Å². The number of carbonyl (C=O) groups excluding carboxylic acids is 1. The zero-order valence-electron chi connectivity index (χ0n) is 12.2. The van der Waals surface area contributed by atoms with E-state index in [1.807, 2.05) is 6.26 Å². The number of hydrogen-bond acceptors (Lipinski definition) is 7. The second-order valence-electron chi connectivity index (χ2n) is 4.67. The third kappa shape index (κ3) is 3.24. The zero-order valence-corrected chi connectivity index (χ0v) is 13.0. The van der Waals surface area contributed by atoms with E-state index in [9.17, 15) is 9.59 Å². The van der Waals surface area contributed by atoms with Gasteiger partial charge in [0, 0.05) is 5.39 Å². The summed E-state index contributed by atoms with van der Waals surface area (Å²) in [5.41, 5.74) is -0.195. The van der Waals surface area contributed by atoms with Crippen molar-refractivity contribution in [2.45, 2.75) is 12.3 Å². The van der Waals surface area contributed by atoms with Crippen molar-refractivity contribution >= 4 is 28.4 Å². The molecule has 1 amide bonds. The van der Waals surface area contributed by atoms with Gasteiger partial charge in [-0.05, 0) is 12.3 Å². The molecule has 0 aliphatic rings. The number of fused-ring (bicyclic) bond motifs is 1. The highest BCUT2D eigenvalue weighted by Gasteiger charge is 2.15. The van der Waals surface area contributed by atoms with Crippen molar-refractivity contribution in [2.75, 3.05) is 6.26 Å². The van der Waals surface area contributed by atoms with Crippen molar-refractivity contribution in [3.05, 3.63) is 52.0 Å². The molecule has 3 rings (SSSR count). The zero-order chi connectivity index (χ0) is 16.2. The van der Waals surface area contributed by atoms with Crippen LogP contribution < -0.4 is 10.9 Å². The first kappa shape index (κ1) is 15.2. The second-order valence-corrected chi connectivity index (χ2v) is 5.53. The van der Waals surface area contributed by atoms with Gasteiger partial charge >= 0.3 is 0 Å². The van der Waals surface area contributed by atoms with Crippen molar-refractivity contribution in [3.63, 3.8) is 0 Å². The topological polar surface area (TPSA) is 114 Å². The average Bonchev–Trinajstić information content (AvgIpc) is 3.01. The lowest BCUT2D eigenvalue weighted by atomic mass is 10.1. The lowest BCUT2D eigenvalue weighted by Gasteiger charge is -2.04. The Morgan fingerprint density at radius 2 is 2.13 bits per heavy atom. The number of aromatic amines is 1. The Labute approximate surface area is 134 Å². The molecule has 0 saturated heterocycles. The minimum atomic E-state index is -0.429. The summed E-state index contributed by atoms with van der Waals surface area (Å²) in [4.78, 5) is 28.1. The maximum Gasteiger partial charge on any atom is 0.272 e. The van der Waals surface area contributed by atoms with Crippen LogP contribution in [0.15, 0.2) is 33.6 Å². The number of rotatable bonds is 5. The second kappa shape index (κ2) is 6.61. The molecule has 8 nitrogen and oxygen atoms in total. The maximum atomic E-state index is 12.3. The number of nitrogens with one attached hydrogen (secondary N) is 2. The lowest BCUT2D eigenvalue weighted by Crippen LogP contribution is -2.26. The standard InChI is InChI=1S/C14H13N5O3S/c1-23-7-10-16-11(22-19-10)6-15-14(21)12-8-4-2-3-5-9(8)13(20)18-17-12/h2-5H,6-7H2,1H3,(H,15,21)(H,18,20). The van der Waals surface area contributed by atoms with E-state index in [0.717, 1.165) is 0 Å². The molecule has 2 N–H and O–H groups in total. The quantitative estimate of drug-likeness (QED) is 0.719. The first-order chi connectivity index (χ1) is 11.2. The van der Waals surface area contributed by atoms with Gasteiger partial charge in [0.25, 0.3) is 11.5 Å². The Hall–Kier alpha value is -2.68. The number of thioether (sulfide) groups is 1. The maximum absolute atomic E-state index is 12.3. The monoisotopic (exact) mass is 331 g/mol. The molecule has 0 unspecified atom stereocenters. The number of hydrogen-bond donors (Lipinski definition) is 2. The molecule has 118 valence electrons. The highest BCUT2D eigenvalue weighted by atomic mass is 32.2. The minimum Gasteiger partial charge on any atom is -0.342 e. The molecule has 2 aromatic heterocycles. The summed E-state index contributed by atoms with van der Waals surface area (Å²) in [6.45, 7) is 0.0926. The van der Waals surface area contributed by atoms with E-state index in [4.69, 9.17) is 4.52 Å². The van der Waals surface area contributed by atoms with E-state index >= 15 is 0 Å². The van der Waals surface area contributed by atoms with Crippen LogP contribution in [-0.2, 0) is 12.3 Å². The third-order valence-electron chi connectivity index (χ3n) is 3.09. The number of benzene rings is 1. The summed E-state index contributed by atoms with van der Waals surface area (Å²) in [5.74, 6) is 1.11. The highest BCUT2D eigenvalue weighted by Crippen LogP contribution is 2.12. The third-order valence-corrected chi connectivity index (χ3v) is 3.64. The Kier molecular flexibility index (Phi) is 4.38. The van der Waals surface area contributed by atoms with Crippen LogP contribution in [0.1, 0.15) is 22.2 Å².